The van der Waals surface area contributed by atoms with Crippen molar-refractivity contribution < 1.29 is 9.47 Å². The van der Waals surface area contributed by atoms with Crippen LogP contribution in [-0.2, 0) is 4.74 Å². The third-order valence-corrected chi connectivity index (χ3v) is 5.79. The Morgan fingerprint density at radius 2 is 1.62 bits per heavy atom. The molecule has 0 bridgehead atoms. The van der Waals surface area contributed by atoms with Gasteiger partial charge in [0.15, 0.2) is 0 Å². The number of ether oxygens (including phenoxy) is 2. The summed E-state index contributed by atoms with van der Waals surface area (Å²) in [7, 11) is 1.73. The van der Waals surface area contributed by atoms with Crippen LogP contribution in [0.25, 0.3) is 0 Å². The average Bonchev–Trinajstić information content (AvgIpc) is 2.68. The fourth-order valence-electron chi connectivity index (χ4n) is 4.54. The molecule has 0 aromatic heterocycles. The molecule has 126 valence electrons. The van der Waals surface area contributed by atoms with Crippen LogP contribution in [0.2, 0.25) is 0 Å². The zero-order valence-electron chi connectivity index (χ0n) is 14.4. The van der Waals surface area contributed by atoms with Gasteiger partial charge in [0.2, 0.25) is 0 Å². The molecule has 0 radical (unpaired) electrons. The normalized spacial score (nSPS) is 29.7. The number of hydrogen-bond acceptors (Lipinski definition) is 2. The minimum Gasteiger partial charge on any atom is -0.497 e. The van der Waals surface area contributed by atoms with E-state index in [0.717, 1.165) is 12.2 Å². The monoisotopic (exact) mass is 322 g/mol. The van der Waals surface area contributed by atoms with E-state index < -0.39 is 0 Å². The Labute approximate surface area is 144 Å². The van der Waals surface area contributed by atoms with Crippen LogP contribution in [0, 0.1) is 5.92 Å². The number of fused-ring (bicyclic) bond motifs is 1. The van der Waals surface area contributed by atoms with Gasteiger partial charge in [-0.3, -0.25) is 0 Å². The lowest BCUT2D eigenvalue weighted by molar-refractivity contribution is -0.111. The molecule has 2 aromatic carbocycles. The fraction of sp³-hybridized carbons (Fsp3) is 0.455. The standard InChI is InChI=1S/C22H26O2/c1-23-18-13-11-16(12-14-18)20-15-22(17-7-3-2-4-8-17)24-21-10-6-5-9-19(20)21/h2-4,7-8,11-14,19-22H,5-6,9-10,15H2,1H3. The summed E-state index contributed by atoms with van der Waals surface area (Å²) >= 11 is 0. The maximum Gasteiger partial charge on any atom is 0.118 e. The van der Waals surface area contributed by atoms with Crippen LogP contribution in [0.1, 0.15) is 55.3 Å². The molecular formula is C22H26O2. The highest BCUT2D eigenvalue weighted by atomic mass is 16.5. The van der Waals surface area contributed by atoms with Crippen molar-refractivity contribution in [3.05, 3.63) is 65.7 Å². The van der Waals surface area contributed by atoms with Gasteiger partial charge < -0.3 is 9.47 Å². The van der Waals surface area contributed by atoms with Crippen LogP contribution in [-0.4, -0.2) is 13.2 Å². The van der Waals surface area contributed by atoms with Crippen molar-refractivity contribution in [2.45, 2.75) is 50.2 Å². The summed E-state index contributed by atoms with van der Waals surface area (Å²) in [5.74, 6) is 2.18. The van der Waals surface area contributed by atoms with E-state index in [-0.39, 0.29) is 6.10 Å². The van der Waals surface area contributed by atoms with Gasteiger partial charge in [-0.25, -0.2) is 0 Å². The molecule has 2 aliphatic rings. The van der Waals surface area contributed by atoms with Crippen molar-refractivity contribution in [2.24, 2.45) is 5.92 Å². The second-order valence-corrected chi connectivity index (χ2v) is 7.14. The van der Waals surface area contributed by atoms with E-state index >= 15 is 0 Å². The third-order valence-electron chi connectivity index (χ3n) is 5.79. The SMILES string of the molecule is COc1ccc(C2CC(c3ccccc3)OC3CCCCC32)cc1. The minimum absolute atomic E-state index is 0.220. The molecule has 2 nitrogen and oxygen atoms in total. The van der Waals surface area contributed by atoms with Crippen LogP contribution >= 0.6 is 0 Å². The molecule has 0 amide bonds. The molecule has 1 saturated heterocycles. The zero-order valence-corrected chi connectivity index (χ0v) is 14.4. The quantitative estimate of drug-likeness (QED) is 0.743. The van der Waals surface area contributed by atoms with Gasteiger partial charge in [0, 0.05) is 0 Å². The molecule has 2 aromatic rings. The van der Waals surface area contributed by atoms with Crippen LogP contribution < -0.4 is 4.74 Å². The van der Waals surface area contributed by atoms with Crippen LogP contribution in [0.3, 0.4) is 0 Å². The second kappa shape index (κ2) is 6.98. The summed E-state index contributed by atoms with van der Waals surface area (Å²) in [5.41, 5.74) is 2.76. The molecule has 1 saturated carbocycles. The largest absolute Gasteiger partial charge is 0.497 e. The number of rotatable bonds is 3. The third kappa shape index (κ3) is 3.08. The van der Waals surface area contributed by atoms with Gasteiger partial charge in [0.25, 0.3) is 0 Å². The first kappa shape index (κ1) is 15.7. The maximum atomic E-state index is 6.55. The van der Waals surface area contributed by atoms with Crippen molar-refractivity contribution >= 4 is 0 Å². The molecule has 4 rings (SSSR count). The lowest BCUT2D eigenvalue weighted by Crippen LogP contribution is -2.38. The summed E-state index contributed by atoms with van der Waals surface area (Å²) < 4.78 is 11.9. The predicted octanol–water partition coefficient (Wildman–Crippen LogP) is 5.50. The number of hydrogen-bond donors (Lipinski definition) is 0. The van der Waals surface area contributed by atoms with Crippen molar-refractivity contribution in [1.29, 1.82) is 0 Å². The molecule has 1 aliphatic heterocycles. The Hall–Kier alpha value is -1.80. The Morgan fingerprint density at radius 1 is 0.875 bits per heavy atom. The van der Waals surface area contributed by atoms with Crippen LogP contribution in [0.15, 0.2) is 54.6 Å². The van der Waals surface area contributed by atoms with Crippen molar-refractivity contribution in [3.8, 4) is 5.75 Å². The molecule has 24 heavy (non-hydrogen) atoms. The van der Waals surface area contributed by atoms with Crippen LogP contribution in [0.5, 0.6) is 5.75 Å². The Kier molecular flexibility index (Phi) is 4.57. The molecule has 1 aliphatic carbocycles. The average molecular weight is 322 g/mol. The molecule has 2 heteroatoms. The predicted molar refractivity (Wildman–Crippen MR) is 96.4 cm³/mol. The first-order chi connectivity index (χ1) is 11.8. The molecule has 1 heterocycles. The van der Waals surface area contributed by atoms with E-state index in [1.807, 2.05) is 0 Å². The van der Waals surface area contributed by atoms with E-state index in [1.165, 1.54) is 36.8 Å². The summed E-state index contributed by atoms with van der Waals surface area (Å²) in [4.78, 5) is 0. The second-order valence-electron chi connectivity index (χ2n) is 7.14. The Bertz CT molecular complexity index is 649. The highest BCUT2D eigenvalue weighted by molar-refractivity contribution is 5.31. The highest BCUT2D eigenvalue weighted by Gasteiger charge is 2.40. The number of benzene rings is 2. The van der Waals surface area contributed by atoms with Crippen molar-refractivity contribution in [3.63, 3.8) is 0 Å². The summed E-state index contributed by atoms with van der Waals surface area (Å²) in [6, 6.07) is 19.4. The highest BCUT2D eigenvalue weighted by Crippen LogP contribution is 2.49. The van der Waals surface area contributed by atoms with Gasteiger partial charge in [0.05, 0.1) is 19.3 Å². The van der Waals surface area contributed by atoms with E-state index in [0.29, 0.717) is 17.9 Å². The van der Waals surface area contributed by atoms with Crippen molar-refractivity contribution in [1.82, 2.24) is 0 Å². The first-order valence-corrected chi connectivity index (χ1v) is 9.19. The topological polar surface area (TPSA) is 18.5 Å². The first-order valence-electron chi connectivity index (χ1n) is 9.19. The summed E-state index contributed by atoms with van der Waals surface area (Å²) in [6.45, 7) is 0. The zero-order chi connectivity index (χ0) is 16.4. The molecule has 0 N–H and O–H groups in total. The molecule has 4 unspecified atom stereocenters. The van der Waals surface area contributed by atoms with Gasteiger partial charge in [-0.2, -0.15) is 0 Å². The van der Waals surface area contributed by atoms with Gasteiger partial charge >= 0.3 is 0 Å². The van der Waals surface area contributed by atoms with Gasteiger partial charge in [-0.15, -0.1) is 0 Å². The van der Waals surface area contributed by atoms with E-state index in [2.05, 4.69) is 54.6 Å². The minimum atomic E-state index is 0.220. The van der Waals surface area contributed by atoms with E-state index in [1.54, 1.807) is 7.11 Å². The van der Waals surface area contributed by atoms with Gasteiger partial charge in [-0.1, -0.05) is 55.3 Å². The summed E-state index contributed by atoms with van der Waals surface area (Å²) in [6.07, 6.45) is 6.86. The number of methoxy groups -OCH3 is 1. The molecule has 0 spiro atoms. The molecule has 4 atom stereocenters. The molecular weight excluding hydrogens is 296 g/mol. The maximum absolute atomic E-state index is 6.55. The van der Waals surface area contributed by atoms with Crippen LogP contribution in [0.4, 0.5) is 0 Å². The lowest BCUT2D eigenvalue weighted by atomic mass is 9.70. The van der Waals surface area contributed by atoms with Gasteiger partial charge in [-0.05, 0) is 54.4 Å². The van der Waals surface area contributed by atoms with Crippen molar-refractivity contribution in [2.75, 3.05) is 7.11 Å². The summed E-state index contributed by atoms with van der Waals surface area (Å²) in [5, 5.41) is 0. The lowest BCUT2D eigenvalue weighted by Gasteiger charge is -2.45. The van der Waals surface area contributed by atoms with E-state index in [4.69, 9.17) is 9.47 Å². The van der Waals surface area contributed by atoms with Gasteiger partial charge in [0.1, 0.15) is 5.75 Å². The van der Waals surface area contributed by atoms with E-state index in [9.17, 15) is 0 Å². The fourth-order valence-corrected chi connectivity index (χ4v) is 4.54. The molecule has 2 fully saturated rings. The Balaban J connectivity index is 1.63. The smallest absolute Gasteiger partial charge is 0.118 e. The Morgan fingerprint density at radius 3 is 2.38 bits per heavy atom.